The van der Waals surface area contributed by atoms with E-state index in [1.54, 1.807) is 0 Å². The number of nitrogens with two attached hydrogens (primary N) is 1. The van der Waals surface area contributed by atoms with Gasteiger partial charge in [0.15, 0.2) is 0 Å². The molecule has 0 aliphatic carbocycles. The van der Waals surface area contributed by atoms with Gasteiger partial charge in [-0.2, -0.15) is 0 Å². The van der Waals surface area contributed by atoms with E-state index in [2.05, 4.69) is 44.2 Å². The summed E-state index contributed by atoms with van der Waals surface area (Å²) in [6.07, 6.45) is 45.0. The SMILES string of the molecule is CCCCCCCCCCCCCCCCCCN(CC(CCCCCCCCCCCCCCCC)CCc1ccccc1)C(N)=O. The molecule has 0 fully saturated rings. The molecule has 280 valence electrons. The molecule has 0 saturated carbocycles. The lowest BCUT2D eigenvalue weighted by Gasteiger charge is -2.26. The van der Waals surface area contributed by atoms with Crippen molar-refractivity contribution < 1.29 is 4.79 Å². The van der Waals surface area contributed by atoms with E-state index in [-0.39, 0.29) is 6.03 Å². The first-order valence-electron chi connectivity index (χ1n) is 21.8. The van der Waals surface area contributed by atoms with Crippen molar-refractivity contribution in [3.8, 4) is 0 Å². The number of carbonyl (C=O) groups is 1. The van der Waals surface area contributed by atoms with Gasteiger partial charge < -0.3 is 10.6 Å². The first kappa shape index (κ1) is 44.5. The van der Waals surface area contributed by atoms with Gasteiger partial charge in [-0.25, -0.2) is 4.79 Å². The summed E-state index contributed by atoms with van der Waals surface area (Å²) in [7, 11) is 0. The van der Waals surface area contributed by atoms with Crippen molar-refractivity contribution in [3.05, 3.63) is 35.9 Å². The molecule has 0 spiro atoms. The Bertz CT molecular complexity index is 780. The lowest BCUT2D eigenvalue weighted by molar-refractivity contribution is 0.190. The second kappa shape index (κ2) is 35.3. The van der Waals surface area contributed by atoms with Crippen LogP contribution >= 0.6 is 0 Å². The van der Waals surface area contributed by atoms with Crippen LogP contribution in [0.2, 0.25) is 0 Å². The van der Waals surface area contributed by atoms with Gasteiger partial charge in [0.25, 0.3) is 0 Å². The zero-order chi connectivity index (χ0) is 34.6. The summed E-state index contributed by atoms with van der Waals surface area (Å²) < 4.78 is 0. The molecule has 2 N–H and O–H groups in total. The van der Waals surface area contributed by atoms with Gasteiger partial charge >= 0.3 is 6.03 Å². The van der Waals surface area contributed by atoms with Crippen LogP contribution in [-0.4, -0.2) is 24.0 Å². The van der Waals surface area contributed by atoms with Crippen LogP contribution in [0, 0.1) is 5.92 Å². The highest BCUT2D eigenvalue weighted by molar-refractivity contribution is 5.71. The number of primary amides is 1. The molecule has 48 heavy (non-hydrogen) atoms. The second-order valence-electron chi connectivity index (χ2n) is 15.4. The number of rotatable bonds is 37. The summed E-state index contributed by atoms with van der Waals surface area (Å²) in [4.78, 5) is 14.4. The fourth-order valence-electron chi connectivity index (χ4n) is 7.42. The molecule has 0 radical (unpaired) electrons. The van der Waals surface area contributed by atoms with Crippen LogP contribution in [-0.2, 0) is 6.42 Å². The smallest absolute Gasteiger partial charge is 0.314 e. The fourth-order valence-corrected chi connectivity index (χ4v) is 7.42. The van der Waals surface area contributed by atoms with Crippen molar-refractivity contribution in [2.24, 2.45) is 11.7 Å². The lowest BCUT2D eigenvalue weighted by Crippen LogP contribution is -2.40. The number of hydrogen-bond donors (Lipinski definition) is 1. The van der Waals surface area contributed by atoms with Gasteiger partial charge in [-0.3, -0.25) is 0 Å². The highest BCUT2D eigenvalue weighted by Crippen LogP contribution is 2.21. The Morgan fingerprint density at radius 1 is 0.500 bits per heavy atom. The Balaban J connectivity index is 2.19. The van der Waals surface area contributed by atoms with Gasteiger partial charge in [-0.1, -0.05) is 230 Å². The quantitative estimate of drug-likeness (QED) is 0.0705. The van der Waals surface area contributed by atoms with E-state index in [0.717, 1.165) is 32.4 Å². The highest BCUT2D eigenvalue weighted by atomic mass is 16.2. The zero-order valence-corrected chi connectivity index (χ0v) is 32.6. The average Bonchev–Trinajstić information content (AvgIpc) is 3.10. The molecule has 1 aromatic rings. The summed E-state index contributed by atoms with van der Waals surface area (Å²) in [6, 6.07) is 10.7. The molecule has 1 rings (SSSR count). The summed E-state index contributed by atoms with van der Waals surface area (Å²) in [5.41, 5.74) is 7.34. The van der Waals surface area contributed by atoms with Crippen molar-refractivity contribution >= 4 is 6.03 Å². The number of amides is 2. The predicted molar refractivity (Wildman–Crippen MR) is 214 cm³/mol. The average molecular weight is 669 g/mol. The second-order valence-corrected chi connectivity index (χ2v) is 15.4. The molecular formula is C45H84N2O. The monoisotopic (exact) mass is 669 g/mol. The Labute approximate surface area is 301 Å². The Hall–Kier alpha value is -1.51. The van der Waals surface area contributed by atoms with Crippen LogP contribution < -0.4 is 5.73 Å². The van der Waals surface area contributed by atoms with Gasteiger partial charge in [0.2, 0.25) is 0 Å². The van der Waals surface area contributed by atoms with E-state index >= 15 is 0 Å². The highest BCUT2D eigenvalue weighted by Gasteiger charge is 2.17. The van der Waals surface area contributed by atoms with Crippen molar-refractivity contribution in [2.45, 2.75) is 226 Å². The number of aryl methyl sites for hydroxylation is 1. The Kier molecular flexibility index (Phi) is 32.8. The molecule has 0 aromatic heterocycles. The minimum absolute atomic E-state index is 0.221. The molecule has 0 bridgehead atoms. The summed E-state index contributed by atoms with van der Waals surface area (Å²) in [5, 5.41) is 0. The van der Waals surface area contributed by atoms with Crippen molar-refractivity contribution in [2.75, 3.05) is 13.1 Å². The van der Waals surface area contributed by atoms with Crippen LogP contribution in [0.4, 0.5) is 4.79 Å². The molecule has 0 aliphatic rings. The molecular weight excluding hydrogens is 585 g/mol. The van der Waals surface area contributed by atoms with Gasteiger partial charge in [0.1, 0.15) is 0 Å². The summed E-state index contributed by atoms with van der Waals surface area (Å²) >= 11 is 0. The van der Waals surface area contributed by atoms with Crippen molar-refractivity contribution in [1.29, 1.82) is 0 Å². The number of hydrogen-bond acceptors (Lipinski definition) is 1. The van der Waals surface area contributed by atoms with E-state index in [1.165, 1.54) is 198 Å². The maximum Gasteiger partial charge on any atom is 0.314 e. The number of benzene rings is 1. The van der Waals surface area contributed by atoms with Gasteiger partial charge in [-0.05, 0) is 37.2 Å². The molecule has 3 heteroatoms. The Morgan fingerprint density at radius 2 is 0.854 bits per heavy atom. The first-order valence-corrected chi connectivity index (χ1v) is 21.8. The summed E-state index contributed by atoms with van der Waals surface area (Å²) in [5.74, 6) is 0.538. The van der Waals surface area contributed by atoms with Crippen LogP contribution in [0.25, 0.3) is 0 Å². The molecule has 0 saturated heterocycles. The maximum absolute atomic E-state index is 12.5. The zero-order valence-electron chi connectivity index (χ0n) is 32.6. The molecule has 0 heterocycles. The van der Waals surface area contributed by atoms with E-state index in [4.69, 9.17) is 5.73 Å². The number of carbonyl (C=O) groups excluding carboxylic acids is 1. The molecule has 0 aliphatic heterocycles. The van der Waals surface area contributed by atoms with Gasteiger partial charge in [0, 0.05) is 13.1 Å². The molecule has 1 aromatic carbocycles. The van der Waals surface area contributed by atoms with Crippen LogP contribution in [0.15, 0.2) is 30.3 Å². The fraction of sp³-hybridized carbons (Fsp3) is 0.844. The van der Waals surface area contributed by atoms with Crippen molar-refractivity contribution in [3.63, 3.8) is 0 Å². The van der Waals surface area contributed by atoms with Crippen molar-refractivity contribution in [1.82, 2.24) is 4.90 Å². The van der Waals surface area contributed by atoms with Crippen LogP contribution in [0.1, 0.15) is 225 Å². The third-order valence-corrected chi connectivity index (χ3v) is 10.7. The summed E-state index contributed by atoms with van der Waals surface area (Å²) in [6.45, 7) is 6.25. The third kappa shape index (κ3) is 29.4. The topological polar surface area (TPSA) is 46.3 Å². The van der Waals surface area contributed by atoms with Gasteiger partial charge in [0.05, 0.1) is 0 Å². The van der Waals surface area contributed by atoms with E-state index < -0.39 is 0 Å². The molecule has 1 unspecified atom stereocenters. The standard InChI is InChI=1S/C45H84N2O/c1-3-5-7-9-11-13-15-17-19-20-22-24-26-28-30-35-41-47(45(46)48)42-44(40-39-43-36-33-31-34-37-43)38-32-29-27-25-23-21-18-16-14-12-10-8-6-4-2/h31,33-34,36-37,44H,3-30,32,35,38-42H2,1-2H3,(H2,46,48). The molecule has 1 atom stereocenters. The lowest BCUT2D eigenvalue weighted by atomic mass is 9.93. The number of unbranched alkanes of at least 4 members (excludes halogenated alkanes) is 28. The first-order chi connectivity index (χ1) is 23.7. The number of urea groups is 1. The van der Waals surface area contributed by atoms with E-state index in [9.17, 15) is 4.79 Å². The Morgan fingerprint density at radius 3 is 1.23 bits per heavy atom. The molecule has 2 amide bonds. The molecule has 3 nitrogen and oxygen atoms in total. The van der Waals surface area contributed by atoms with Crippen LogP contribution in [0.5, 0.6) is 0 Å². The third-order valence-electron chi connectivity index (χ3n) is 10.7. The van der Waals surface area contributed by atoms with E-state index in [1.807, 2.05) is 4.90 Å². The predicted octanol–water partition coefficient (Wildman–Crippen LogP) is 14.7. The largest absolute Gasteiger partial charge is 0.351 e. The van der Waals surface area contributed by atoms with E-state index in [0.29, 0.717) is 5.92 Å². The minimum Gasteiger partial charge on any atom is -0.351 e. The minimum atomic E-state index is -0.221. The van der Waals surface area contributed by atoms with Gasteiger partial charge in [-0.15, -0.1) is 0 Å². The maximum atomic E-state index is 12.5. The van der Waals surface area contributed by atoms with Crippen LogP contribution in [0.3, 0.4) is 0 Å². The number of nitrogens with zero attached hydrogens (tertiary/aromatic N) is 1. The normalized spacial score (nSPS) is 12.0.